The molecule has 6 heteroatoms. The fraction of sp³-hybridized carbons (Fsp3) is 0.500. The van der Waals surface area contributed by atoms with E-state index in [9.17, 15) is 8.42 Å². The van der Waals surface area contributed by atoms with Crippen LogP contribution in [0.1, 0.15) is 25.0 Å². The number of benzene rings is 1. The minimum Gasteiger partial charge on any atom is -0.373 e. The summed E-state index contributed by atoms with van der Waals surface area (Å²) in [6, 6.07) is 6.65. The van der Waals surface area contributed by atoms with Crippen LogP contribution in [0.2, 0.25) is 0 Å². The SMILES string of the molecule is Cc1cc(C#N)ccc1S(=O)(=O)N1C[C@@H](C)O[C@@H](C)C1. The average molecular weight is 294 g/mol. The summed E-state index contributed by atoms with van der Waals surface area (Å²) in [5.41, 5.74) is 1.06. The van der Waals surface area contributed by atoms with Crippen molar-refractivity contribution in [2.24, 2.45) is 0 Å². The maximum absolute atomic E-state index is 12.7. The second-order valence-electron chi connectivity index (χ2n) is 5.17. The minimum absolute atomic E-state index is 0.118. The summed E-state index contributed by atoms with van der Waals surface area (Å²) in [5, 5.41) is 8.85. The number of ether oxygens (including phenoxy) is 1. The van der Waals surface area contributed by atoms with Crippen LogP contribution in [0.3, 0.4) is 0 Å². The third-order valence-corrected chi connectivity index (χ3v) is 5.30. The van der Waals surface area contributed by atoms with Gasteiger partial charge in [-0.05, 0) is 44.5 Å². The Morgan fingerprint density at radius 1 is 1.30 bits per heavy atom. The molecule has 0 aliphatic carbocycles. The van der Waals surface area contributed by atoms with Gasteiger partial charge in [0.1, 0.15) is 0 Å². The number of nitriles is 1. The molecule has 20 heavy (non-hydrogen) atoms. The first-order valence-electron chi connectivity index (χ1n) is 6.51. The highest BCUT2D eigenvalue weighted by atomic mass is 32.2. The molecule has 0 saturated carbocycles. The Bertz CT molecular complexity index is 639. The molecule has 1 heterocycles. The zero-order valence-electron chi connectivity index (χ0n) is 11.8. The van der Waals surface area contributed by atoms with Crippen molar-refractivity contribution in [1.29, 1.82) is 5.26 Å². The van der Waals surface area contributed by atoms with Crippen molar-refractivity contribution < 1.29 is 13.2 Å². The Labute approximate surface area is 119 Å². The number of hydrogen-bond acceptors (Lipinski definition) is 4. The van der Waals surface area contributed by atoms with E-state index in [2.05, 4.69) is 0 Å². The van der Waals surface area contributed by atoms with Crippen LogP contribution in [-0.2, 0) is 14.8 Å². The lowest BCUT2D eigenvalue weighted by Gasteiger charge is -2.34. The highest BCUT2D eigenvalue weighted by molar-refractivity contribution is 7.89. The second-order valence-corrected chi connectivity index (χ2v) is 7.08. The molecule has 1 aliphatic rings. The normalized spacial score (nSPS) is 24.3. The zero-order valence-corrected chi connectivity index (χ0v) is 12.6. The maximum atomic E-state index is 12.7. The summed E-state index contributed by atoms with van der Waals surface area (Å²) in [6.07, 6.45) is -0.237. The molecule has 1 aliphatic heterocycles. The van der Waals surface area contributed by atoms with Crippen LogP contribution < -0.4 is 0 Å². The van der Waals surface area contributed by atoms with E-state index in [0.29, 0.717) is 24.2 Å². The van der Waals surface area contributed by atoms with Crippen LogP contribution in [0.4, 0.5) is 0 Å². The van der Waals surface area contributed by atoms with Gasteiger partial charge in [0, 0.05) is 13.1 Å². The van der Waals surface area contributed by atoms with E-state index in [0.717, 1.165) is 0 Å². The molecule has 1 aromatic rings. The van der Waals surface area contributed by atoms with Crippen LogP contribution in [0.5, 0.6) is 0 Å². The van der Waals surface area contributed by atoms with Crippen molar-refractivity contribution in [2.75, 3.05) is 13.1 Å². The molecule has 0 radical (unpaired) electrons. The third kappa shape index (κ3) is 2.85. The van der Waals surface area contributed by atoms with Crippen molar-refractivity contribution in [3.63, 3.8) is 0 Å². The molecule has 0 bridgehead atoms. The first kappa shape index (κ1) is 15.0. The average Bonchev–Trinajstić information content (AvgIpc) is 2.37. The lowest BCUT2D eigenvalue weighted by Crippen LogP contribution is -2.48. The van der Waals surface area contributed by atoms with Crippen molar-refractivity contribution in [1.82, 2.24) is 4.31 Å². The predicted molar refractivity (Wildman–Crippen MR) is 74.7 cm³/mol. The summed E-state index contributed by atoms with van der Waals surface area (Å²) < 4.78 is 32.4. The molecule has 108 valence electrons. The Hall–Kier alpha value is -1.42. The number of nitrogens with zero attached hydrogens (tertiary/aromatic N) is 2. The fourth-order valence-corrected chi connectivity index (χ4v) is 4.27. The van der Waals surface area contributed by atoms with Gasteiger partial charge in [0.05, 0.1) is 28.7 Å². The van der Waals surface area contributed by atoms with Gasteiger partial charge in [0.25, 0.3) is 0 Å². The van der Waals surface area contributed by atoms with Crippen molar-refractivity contribution >= 4 is 10.0 Å². The number of aryl methyl sites for hydroxylation is 1. The number of hydrogen-bond donors (Lipinski definition) is 0. The van der Waals surface area contributed by atoms with Gasteiger partial charge in [-0.25, -0.2) is 8.42 Å². The Morgan fingerprint density at radius 2 is 1.90 bits per heavy atom. The monoisotopic (exact) mass is 294 g/mol. The molecule has 1 fully saturated rings. The largest absolute Gasteiger partial charge is 0.373 e. The van der Waals surface area contributed by atoms with E-state index < -0.39 is 10.0 Å². The molecule has 5 nitrogen and oxygen atoms in total. The predicted octanol–water partition coefficient (Wildman–Crippen LogP) is 1.66. The molecule has 1 saturated heterocycles. The Balaban J connectivity index is 2.38. The lowest BCUT2D eigenvalue weighted by atomic mass is 10.2. The van der Waals surface area contributed by atoms with Crippen molar-refractivity contribution in [3.8, 4) is 6.07 Å². The standard InChI is InChI=1S/C14H18N2O3S/c1-10-6-13(7-15)4-5-14(10)20(17,18)16-8-11(2)19-12(3)9-16/h4-6,11-12H,8-9H2,1-3H3/t11-,12+. The van der Waals surface area contributed by atoms with Crippen LogP contribution in [-0.4, -0.2) is 38.0 Å². The van der Waals surface area contributed by atoms with E-state index in [1.165, 1.54) is 16.4 Å². The van der Waals surface area contributed by atoms with Gasteiger partial charge in [-0.2, -0.15) is 9.57 Å². The summed E-state index contributed by atoms with van der Waals surface area (Å²) >= 11 is 0. The van der Waals surface area contributed by atoms with Gasteiger partial charge in [0.2, 0.25) is 10.0 Å². The smallest absolute Gasteiger partial charge is 0.243 e. The first-order chi connectivity index (χ1) is 9.34. The summed E-state index contributed by atoms with van der Waals surface area (Å²) in [5.74, 6) is 0. The summed E-state index contributed by atoms with van der Waals surface area (Å²) in [7, 11) is -3.54. The molecule has 2 atom stereocenters. The fourth-order valence-electron chi connectivity index (χ4n) is 2.47. The van der Waals surface area contributed by atoms with Crippen molar-refractivity contribution in [2.45, 2.75) is 37.9 Å². The maximum Gasteiger partial charge on any atom is 0.243 e. The molecular weight excluding hydrogens is 276 g/mol. The minimum atomic E-state index is -3.54. The number of rotatable bonds is 2. The molecule has 0 amide bonds. The van der Waals surface area contributed by atoms with Gasteiger partial charge < -0.3 is 4.74 Å². The molecule has 0 spiro atoms. The first-order valence-corrected chi connectivity index (χ1v) is 7.95. The molecule has 0 N–H and O–H groups in total. The second kappa shape index (κ2) is 5.52. The van der Waals surface area contributed by atoms with Gasteiger partial charge in [-0.15, -0.1) is 0 Å². The number of morpholine rings is 1. The number of sulfonamides is 1. The van der Waals surface area contributed by atoms with Gasteiger partial charge >= 0.3 is 0 Å². The summed E-state index contributed by atoms with van der Waals surface area (Å²) in [4.78, 5) is 0.262. The van der Waals surface area contributed by atoms with E-state index >= 15 is 0 Å². The summed E-state index contributed by atoms with van der Waals surface area (Å²) in [6.45, 7) is 6.15. The quantitative estimate of drug-likeness (QED) is 0.832. The molecule has 1 aromatic carbocycles. The van der Waals surface area contributed by atoms with Gasteiger partial charge in [-0.3, -0.25) is 0 Å². The van der Waals surface area contributed by atoms with Crippen LogP contribution in [0.25, 0.3) is 0 Å². The molecular formula is C14H18N2O3S. The van der Waals surface area contributed by atoms with Crippen LogP contribution in [0.15, 0.2) is 23.1 Å². The van der Waals surface area contributed by atoms with Gasteiger partial charge in [0.15, 0.2) is 0 Å². The van der Waals surface area contributed by atoms with E-state index in [4.69, 9.17) is 10.00 Å². The lowest BCUT2D eigenvalue weighted by molar-refractivity contribution is -0.0440. The Kier molecular flexibility index (Phi) is 4.14. The van der Waals surface area contributed by atoms with E-state index in [1.807, 2.05) is 19.9 Å². The zero-order chi connectivity index (χ0) is 14.9. The molecule has 2 rings (SSSR count). The Morgan fingerprint density at radius 3 is 2.40 bits per heavy atom. The highest BCUT2D eigenvalue weighted by Gasteiger charge is 2.32. The topological polar surface area (TPSA) is 70.4 Å². The van der Waals surface area contributed by atoms with Crippen LogP contribution in [0, 0.1) is 18.3 Å². The van der Waals surface area contributed by atoms with Crippen molar-refractivity contribution in [3.05, 3.63) is 29.3 Å². The highest BCUT2D eigenvalue weighted by Crippen LogP contribution is 2.24. The molecule has 0 aromatic heterocycles. The third-order valence-electron chi connectivity index (χ3n) is 3.31. The van der Waals surface area contributed by atoms with E-state index in [1.54, 1.807) is 13.0 Å². The van der Waals surface area contributed by atoms with E-state index in [-0.39, 0.29) is 17.1 Å². The molecule has 0 unspecified atom stereocenters. The van der Waals surface area contributed by atoms with Gasteiger partial charge in [-0.1, -0.05) is 0 Å². The van der Waals surface area contributed by atoms with Crippen LogP contribution >= 0.6 is 0 Å².